The van der Waals surface area contributed by atoms with E-state index in [4.69, 9.17) is 11.6 Å². The van der Waals surface area contributed by atoms with Gasteiger partial charge in [0.05, 0.1) is 6.61 Å². The lowest BCUT2D eigenvalue weighted by atomic mass is 10.0. The van der Waals surface area contributed by atoms with Crippen LogP contribution in [0, 0.1) is 0 Å². The minimum atomic E-state index is -0.0358. The maximum Gasteiger partial charge on any atom is 0.0702 e. The number of rotatable bonds is 4. The summed E-state index contributed by atoms with van der Waals surface area (Å²) in [5.74, 6) is 0. The molecule has 1 rings (SSSR count). The molecule has 0 aromatic heterocycles. The Labute approximate surface area is 109 Å². The van der Waals surface area contributed by atoms with Gasteiger partial charge in [0.15, 0.2) is 0 Å². The third-order valence-corrected chi connectivity index (χ3v) is 2.86. The molecule has 0 fully saturated rings. The van der Waals surface area contributed by atoms with Crippen molar-refractivity contribution >= 4 is 17.3 Å². The molecule has 2 nitrogen and oxygen atoms in total. The second-order valence-corrected chi connectivity index (χ2v) is 5.44. The Kier molecular flexibility index (Phi) is 4.61. The molecule has 1 aromatic carbocycles. The van der Waals surface area contributed by atoms with E-state index in [0.717, 1.165) is 17.8 Å². The Morgan fingerprint density at radius 1 is 1.41 bits per heavy atom. The van der Waals surface area contributed by atoms with Crippen molar-refractivity contribution in [1.82, 2.24) is 0 Å². The highest BCUT2D eigenvalue weighted by atomic mass is 35.5. The average molecular weight is 254 g/mol. The molecule has 0 amide bonds. The van der Waals surface area contributed by atoms with Crippen LogP contribution in [0.15, 0.2) is 30.9 Å². The number of halogens is 1. The van der Waals surface area contributed by atoms with Gasteiger partial charge in [-0.2, -0.15) is 0 Å². The van der Waals surface area contributed by atoms with Crippen LogP contribution in [0.5, 0.6) is 0 Å². The summed E-state index contributed by atoms with van der Waals surface area (Å²) in [6.45, 7) is 10.9. The fourth-order valence-electron chi connectivity index (χ4n) is 1.81. The van der Waals surface area contributed by atoms with Crippen LogP contribution >= 0.6 is 11.6 Å². The zero-order valence-electron chi connectivity index (χ0n) is 10.7. The molecule has 0 saturated carbocycles. The molecule has 0 aliphatic carbocycles. The molecule has 0 aliphatic heterocycles. The van der Waals surface area contributed by atoms with Gasteiger partial charge in [-0.3, -0.25) is 0 Å². The van der Waals surface area contributed by atoms with Gasteiger partial charge < -0.3 is 10.0 Å². The van der Waals surface area contributed by atoms with Crippen molar-refractivity contribution < 1.29 is 5.11 Å². The van der Waals surface area contributed by atoms with E-state index >= 15 is 0 Å². The van der Waals surface area contributed by atoms with Gasteiger partial charge >= 0.3 is 0 Å². The van der Waals surface area contributed by atoms with Crippen molar-refractivity contribution in [2.45, 2.75) is 32.9 Å². The first-order valence-electron chi connectivity index (χ1n) is 5.68. The van der Waals surface area contributed by atoms with Crippen LogP contribution in [0.4, 0.5) is 5.69 Å². The third-order valence-electron chi connectivity index (χ3n) is 2.62. The predicted octanol–water partition coefficient (Wildman–Crippen LogP) is 3.62. The van der Waals surface area contributed by atoms with Gasteiger partial charge in [0.1, 0.15) is 0 Å². The highest BCUT2D eigenvalue weighted by Gasteiger charge is 2.22. The molecular weight excluding hydrogens is 234 g/mol. The molecule has 1 N–H and O–H groups in total. The fourth-order valence-corrected chi connectivity index (χ4v) is 2.00. The maximum absolute atomic E-state index is 9.41. The van der Waals surface area contributed by atoms with Crippen molar-refractivity contribution in [1.29, 1.82) is 0 Å². The Morgan fingerprint density at radius 2 is 2.06 bits per heavy atom. The van der Waals surface area contributed by atoms with Crippen LogP contribution in [-0.2, 0) is 6.61 Å². The highest BCUT2D eigenvalue weighted by molar-refractivity contribution is 6.30. The van der Waals surface area contributed by atoms with Crippen LogP contribution in [0.25, 0.3) is 0 Å². The van der Waals surface area contributed by atoms with E-state index < -0.39 is 0 Å². The summed E-state index contributed by atoms with van der Waals surface area (Å²) in [4.78, 5) is 2.20. The summed E-state index contributed by atoms with van der Waals surface area (Å²) in [5.41, 5.74) is 1.81. The molecule has 1 aromatic rings. The van der Waals surface area contributed by atoms with Gasteiger partial charge in [0, 0.05) is 28.4 Å². The van der Waals surface area contributed by atoms with Crippen molar-refractivity contribution in [2.75, 3.05) is 11.4 Å². The van der Waals surface area contributed by atoms with Gasteiger partial charge in [-0.1, -0.05) is 17.7 Å². The number of hydrogen-bond donors (Lipinski definition) is 1. The molecular formula is C14H20ClNO. The van der Waals surface area contributed by atoms with E-state index in [9.17, 15) is 5.11 Å². The van der Waals surface area contributed by atoms with E-state index in [1.165, 1.54) is 0 Å². The molecule has 0 spiro atoms. The minimum absolute atomic E-state index is 0.0143. The Morgan fingerprint density at radius 3 is 2.53 bits per heavy atom. The molecule has 94 valence electrons. The van der Waals surface area contributed by atoms with E-state index in [0.29, 0.717) is 5.02 Å². The van der Waals surface area contributed by atoms with E-state index in [1.54, 1.807) is 6.07 Å². The smallest absolute Gasteiger partial charge is 0.0702 e. The van der Waals surface area contributed by atoms with Crippen molar-refractivity contribution in [3.8, 4) is 0 Å². The predicted molar refractivity (Wildman–Crippen MR) is 74.7 cm³/mol. The van der Waals surface area contributed by atoms with Crippen LogP contribution in [0.2, 0.25) is 5.02 Å². The summed E-state index contributed by atoms with van der Waals surface area (Å²) in [5, 5.41) is 10.1. The second-order valence-electron chi connectivity index (χ2n) is 5.00. The van der Waals surface area contributed by atoms with Crippen LogP contribution in [0.3, 0.4) is 0 Å². The van der Waals surface area contributed by atoms with Gasteiger partial charge in [0.25, 0.3) is 0 Å². The Hall–Kier alpha value is -0.990. The topological polar surface area (TPSA) is 23.5 Å². The normalized spacial score (nSPS) is 11.4. The van der Waals surface area contributed by atoms with Crippen molar-refractivity contribution in [2.24, 2.45) is 0 Å². The molecule has 0 atom stereocenters. The lowest BCUT2D eigenvalue weighted by Gasteiger charge is -2.38. The molecule has 0 heterocycles. The van der Waals surface area contributed by atoms with Crippen LogP contribution < -0.4 is 4.90 Å². The van der Waals surface area contributed by atoms with Crippen molar-refractivity contribution in [3.05, 3.63) is 41.4 Å². The number of anilines is 1. The lowest BCUT2D eigenvalue weighted by Crippen LogP contribution is -2.42. The number of benzene rings is 1. The standard InChI is InChI=1S/C14H20ClNO/c1-5-8-16(14(2,3)4)13-7-6-12(15)9-11(13)10-17/h5-7,9,17H,1,8,10H2,2-4H3. The highest BCUT2D eigenvalue weighted by Crippen LogP contribution is 2.29. The first-order valence-corrected chi connectivity index (χ1v) is 6.05. The SMILES string of the molecule is C=CCN(c1ccc(Cl)cc1CO)C(C)(C)C. The summed E-state index contributed by atoms with van der Waals surface area (Å²) < 4.78 is 0. The summed E-state index contributed by atoms with van der Waals surface area (Å²) in [6.07, 6.45) is 1.86. The zero-order valence-corrected chi connectivity index (χ0v) is 11.5. The van der Waals surface area contributed by atoms with Gasteiger partial charge in [0.2, 0.25) is 0 Å². The Balaban J connectivity index is 3.22. The minimum Gasteiger partial charge on any atom is -0.392 e. The van der Waals surface area contributed by atoms with E-state index in [-0.39, 0.29) is 12.1 Å². The first-order chi connectivity index (χ1) is 7.90. The number of nitrogens with zero attached hydrogens (tertiary/aromatic N) is 1. The van der Waals surface area contributed by atoms with Crippen LogP contribution in [0.1, 0.15) is 26.3 Å². The van der Waals surface area contributed by atoms with Crippen molar-refractivity contribution in [3.63, 3.8) is 0 Å². The fraction of sp³-hybridized carbons (Fsp3) is 0.429. The molecule has 0 radical (unpaired) electrons. The molecule has 3 heteroatoms. The largest absolute Gasteiger partial charge is 0.392 e. The lowest BCUT2D eigenvalue weighted by molar-refractivity contribution is 0.281. The first kappa shape index (κ1) is 14.1. The summed E-state index contributed by atoms with van der Waals surface area (Å²) in [6, 6.07) is 5.60. The number of aliphatic hydroxyl groups excluding tert-OH is 1. The second kappa shape index (κ2) is 5.56. The van der Waals surface area contributed by atoms with Crippen LogP contribution in [-0.4, -0.2) is 17.2 Å². The molecule has 17 heavy (non-hydrogen) atoms. The molecule has 0 unspecified atom stereocenters. The number of hydrogen-bond acceptors (Lipinski definition) is 2. The molecule has 0 bridgehead atoms. The number of aliphatic hydroxyl groups is 1. The van der Waals surface area contributed by atoms with Gasteiger partial charge in [-0.15, -0.1) is 6.58 Å². The van der Waals surface area contributed by atoms with Gasteiger partial charge in [-0.05, 0) is 39.0 Å². The monoisotopic (exact) mass is 253 g/mol. The maximum atomic E-state index is 9.41. The Bertz CT molecular complexity index is 396. The third kappa shape index (κ3) is 3.48. The summed E-state index contributed by atoms with van der Waals surface area (Å²) >= 11 is 5.94. The van der Waals surface area contributed by atoms with E-state index in [2.05, 4.69) is 32.3 Å². The quantitative estimate of drug-likeness (QED) is 0.829. The molecule has 0 saturated heterocycles. The summed E-state index contributed by atoms with van der Waals surface area (Å²) in [7, 11) is 0. The van der Waals surface area contributed by atoms with Gasteiger partial charge in [-0.25, -0.2) is 0 Å². The molecule has 0 aliphatic rings. The van der Waals surface area contributed by atoms with E-state index in [1.807, 2.05) is 18.2 Å². The zero-order chi connectivity index (χ0) is 13.1. The average Bonchev–Trinajstić information content (AvgIpc) is 2.25.